The van der Waals surface area contributed by atoms with Crippen LogP contribution in [0.4, 0.5) is 0 Å². The summed E-state index contributed by atoms with van der Waals surface area (Å²) in [6.45, 7) is 6.46. The second kappa shape index (κ2) is 10.3. The minimum absolute atomic E-state index is 0.0406. The molecule has 226 valence electrons. The van der Waals surface area contributed by atoms with E-state index in [4.69, 9.17) is 4.74 Å². The molecule has 0 bridgehead atoms. The lowest BCUT2D eigenvalue weighted by atomic mass is 9.47. The van der Waals surface area contributed by atoms with Gasteiger partial charge in [0.1, 0.15) is 6.10 Å². The molecule has 4 aromatic rings. The zero-order valence-electron chi connectivity index (χ0n) is 26.4. The number of carbonyl (C=O) groups excluding carboxylic acids is 2. The monoisotopic (exact) mass is 584 g/mol. The van der Waals surface area contributed by atoms with Crippen molar-refractivity contribution in [3.63, 3.8) is 0 Å². The molecule has 4 aromatic carbocycles. The molecule has 0 aromatic heterocycles. The van der Waals surface area contributed by atoms with Crippen LogP contribution in [0.5, 0.6) is 0 Å². The zero-order chi connectivity index (χ0) is 30.2. The van der Waals surface area contributed by atoms with E-state index in [9.17, 15) is 9.59 Å². The third-order valence-electron chi connectivity index (χ3n) is 13.0. The molecule has 3 nitrogen and oxygen atoms in total. The molecule has 7 atom stereocenters. The minimum atomic E-state index is -0.159. The van der Waals surface area contributed by atoms with Crippen molar-refractivity contribution in [1.82, 2.24) is 0 Å². The second-order valence-electron chi connectivity index (χ2n) is 15.0. The molecule has 0 saturated heterocycles. The van der Waals surface area contributed by atoms with E-state index in [1.54, 1.807) is 0 Å². The predicted molar refractivity (Wildman–Crippen MR) is 179 cm³/mol. The van der Waals surface area contributed by atoms with Crippen LogP contribution in [0.25, 0.3) is 32.3 Å². The van der Waals surface area contributed by atoms with Crippen LogP contribution in [0.15, 0.2) is 78.4 Å². The van der Waals surface area contributed by atoms with Crippen molar-refractivity contribution >= 4 is 44.1 Å². The predicted octanol–water partition coefficient (Wildman–Crippen LogP) is 9.76. The number of benzene rings is 4. The summed E-state index contributed by atoms with van der Waals surface area (Å²) in [5, 5.41) is 7.85. The van der Waals surface area contributed by atoms with E-state index < -0.39 is 0 Å². The van der Waals surface area contributed by atoms with Gasteiger partial charge in [0.2, 0.25) is 0 Å². The third-order valence-corrected chi connectivity index (χ3v) is 13.0. The Morgan fingerprint density at radius 2 is 1.61 bits per heavy atom. The molecule has 8 rings (SSSR count). The van der Waals surface area contributed by atoms with Crippen LogP contribution in [0.2, 0.25) is 0 Å². The fourth-order valence-electron chi connectivity index (χ4n) is 10.8. The van der Waals surface area contributed by atoms with Gasteiger partial charge in [0.25, 0.3) is 0 Å². The number of hydrogen-bond acceptors (Lipinski definition) is 3. The van der Waals surface area contributed by atoms with E-state index in [-0.39, 0.29) is 28.8 Å². The SMILES string of the molecule is CC(=O)OC1CC[C@@]2(C)C(=CC[C@H]3[C@@H]4CC[C@H](C(=O)/C=C/Cc5ccc6ccc7cccc8ccc5c6c78)[C@@]4(C)CC[C@@H]32)C1. The largest absolute Gasteiger partial charge is 0.462 e. The van der Waals surface area contributed by atoms with Gasteiger partial charge < -0.3 is 4.74 Å². The highest BCUT2D eigenvalue weighted by atomic mass is 16.5. The number of allylic oxidation sites excluding steroid dienone is 3. The molecule has 4 aliphatic carbocycles. The summed E-state index contributed by atoms with van der Waals surface area (Å²) in [7, 11) is 0. The van der Waals surface area contributed by atoms with E-state index in [2.05, 4.69) is 80.6 Å². The first-order chi connectivity index (χ1) is 21.3. The average molecular weight is 585 g/mol. The first kappa shape index (κ1) is 28.0. The Kier molecular flexibility index (Phi) is 6.56. The van der Waals surface area contributed by atoms with Crippen LogP contribution in [0.1, 0.15) is 77.7 Å². The lowest BCUT2D eigenvalue weighted by Crippen LogP contribution is -2.51. The van der Waals surface area contributed by atoms with Crippen molar-refractivity contribution in [2.75, 3.05) is 0 Å². The molecular formula is C41H44O3. The Labute approximate surface area is 261 Å². The van der Waals surface area contributed by atoms with E-state index in [0.717, 1.165) is 44.9 Å². The first-order valence-corrected chi connectivity index (χ1v) is 17.0. The maximum absolute atomic E-state index is 13.9. The van der Waals surface area contributed by atoms with E-state index >= 15 is 0 Å². The first-order valence-electron chi connectivity index (χ1n) is 17.0. The Bertz CT molecular complexity index is 1830. The van der Waals surface area contributed by atoms with Crippen molar-refractivity contribution in [2.24, 2.45) is 34.5 Å². The highest BCUT2D eigenvalue weighted by molar-refractivity contribution is 6.23. The number of rotatable bonds is 5. The van der Waals surface area contributed by atoms with Crippen LogP contribution in [0.3, 0.4) is 0 Å². The van der Waals surface area contributed by atoms with Gasteiger partial charge in [0, 0.05) is 19.3 Å². The lowest BCUT2D eigenvalue weighted by molar-refractivity contribution is -0.149. The third kappa shape index (κ3) is 4.21. The number of fused-ring (bicyclic) bond motifs is 5. The lowest BCUT2D eigenvalue weighted by Gasteiger charge is -2.58. The maximum atomic E-state index is 13.9. The standard InChI is InChI=1S/C41H44O3/c1-25(42)44-31-20-22-40(2)30(24-31)15-17-33-34-18-19-36(41(34,3)23-21-35(33)40)37(43)9-5-6-26-10-11-29-13-12-27-7-4-8-28-14-16-32(26)39(29)38(27)28/h4-5,7-16,31,33-36H,6,17-24H2,1-3H3/b9-5+/t31?,33-,34-,35-,36+,40-,41-/m0/s1. The number of ketones is 1. The Hall–Kier alpha value is -3.46. The van der Waals surface area contributed by atoms with Gasteiger partial charge in [-0.15, -0.1) is 0 Å². The van der Waals surface area contributed by atoms with Gasteiger partial charge in [-0.25, -0.2) is 0 Å². The molecule has 1 unspecified atom stereocenters. The van der Waals surface area contributed by atoms with E-state index in [1.165, 1.54) is 63.2 Å². The highest BCUT2D eigenvalue weighted by Crippen LogP contribution is 2.66. The number of carbonyl (C=O) groups is 2. The Balaban J connectivity index is 0.999. The number of hydrogen-bond donors (Lipinski definition) is 0. The second-order valence-corrected chi connectivity index (χ2v) is 15.0. The van der Waals surface area contributed by atoms with Gasteiger partial charge in [-0.05, 0) is 124 Å². The fraction of sp³-hybridized carbons (Fsp3) is 0.463. The average Bonchev–Trinajstić information content (AvgIpc) is 3.37. The zero-order valence-corrected chi connectivity index (χ0v) is 26.4. The van der Waals surface area contributed by atoms with E-state index in [1.807, 2.05) is 6.08 Å². The van der Waals surface area contributed by atoms with Crippen molar-refractivity contribution in [1.29, 1.82) is 0 Å². The van der Waals surface area contributed by atoms with Crippen molar-refractivity contribution in [3.8, 4) is 0 Å². The normalized spacial score (nSPS) is 33.3. The van der Waals surface area contributed by atoms with Crippen LogP contribution in [-0.2, 0) is 20.7 Å². The van der Waals surface area contributed by atoms with Gasteiger partial charge in [-0.1, -0.05) is 86.2 Å². The molecule has 0 radical (unpaired) electrons. The van der Waals surface area contributed by atoms with E-state index in [0.29, 0.717) is 23.5 Å². The van der Waals surface area contributed by atoms with Crippen LogP contribution >= 0.6 is 0 Å². The molecule has 4 aliphatic rings. The number of esters is 1. The molecule has 0 heterocycles. The Morgan fingerprint density at radius 1 is 0.864 bits per heavy atom. The smallest absolute Gasteiger partial charge is 0.302 e. The topological polar surface area (TPSA) is 43.4 Å². The maximum Gasteiger partial charge on any atom is 0.302 e. The summed E-state index contributed by atoms with van der Waals surface area (Å²) in [5.74, 6) is 2.26. The van der Waals surface area contributed by atoms with Crippen LogP contribution in [-0.4, -0.2) is 17.9 Å². The van der Waals surface area contributed by atoms with Crippen LogP contribution < -0.4 is 0 Å². The molecular weight excluding hydrogens is 540 g/mol. The summed E-state index contributed by atoms with van der Waals surface area (Å²) in [5.41, 5.74) is 3.12. The molecule has 3 heteroatoms. The number of ether oxygens (including phenoxy) is 1. The molecule has 0 amide bonds. The van der Waals surface area contributed by atoms with Gasteiger partial charge in [0.05, 0.1) is 0 Å². The van der Waals surface area contributed by atoms with Crippen molar-refractivity contribution in [2.45, 2.75) is 84.7 Å². The molecule has 0 aliphatic heterocycles. The fourth-order valence-corrected chi connectivity index (χ4v) is 10.8. The molecule has 0 N–H and O–H groups in total. The Morgan fingerprint density at radius 3 is 2.41 bits per heavy atom. The van der Waals surface area contributed by atoms with Gasteiger partial charge >= 0.3 is 5.97 Å². The quantitative estimate of drug-likeness (QED) is 0.101. The summed E-state index contributed by atoms with van der Waals surface area (Å²) in [6.07, 6.45) is 16.0. The summed E-state index contributed by atoms with van der Waals surface area (Å²) >= 11 is 0. The highest BCUT2D eigenvalue weighted by Gasteiger charge is 2.59. The molecule has 0 spiro atoms. The van der Waals surface area contributed by atoms with Crippen molar-refractivity contribution < 1.29 is 14.3 Å². The summed E-state index contributed by atoms with van der Waals surface area (Å²) < 4.78 is 5.63. The van der Waals surface area contributed by atoms with Gasteiger partial charge in [0.15, 0.2) is 5.78 Å². The summed E-state index contributed by atoms with van der Waals surface area (Å²) in [4.78, 5) is 25.5. The minimum Gasteiger partial charge on any atom is -0.462 e. The van der Waals surface area contributed by atoms with Crippen LogP contribution in [0, 0.1) is 34.5 Å². The molecule has 3 fully saturated rings. The summed E-state index contributed by atoms with van der Waals surface area (Å²) in [6, 6.07) is 20.0. The molecule has 44 heavy (non-hydrogen) atoms. The van der Waals surface area contributed by atoms with Gasteiger partial charge in [-0.2, -0.15) is 0 Å². The van der Waals surface area contributed by atoms with Crippen molar-refractivity contribution in [3.05, 3.63) is 84.0 Å². The van der Waals surface area contributed by atoms with Gasteiger partial charge in [-0.3, -0.25) is 9.59 Å². The molecule has 3 saturated carbocycles.